The van der Waals surface area contributed by atoms with Crippen molar-refractivity contribution in [3.63, 3.8) is 0 Å². The molecule has 0 saturated carbocycles. The van der Waals surface area contributed by atoms with Gasteiger partial charge < -0.3 is 15.0 Å². The first-order valence-electron chi connectivity index (χ1n) is 7.52. The van der Waals surface area contributed by atoms with E-state index in [4.69, 9.17) is 4.74 Å². The van der Waals surface area contributed by atoms with Gasteiger partial charge in [-0.05, 0) is 45.4 Å². The molecule has 0 radical (unpaired) electrons. The normalized spacial score (nSPS) is 18.2. The lowest BCUT2D eigenvalue weighted by atomic mass is 10.0. The summed E-state index contributed by atoms with van der Waals surface area (Å²) in [7, 11) is 0. The van der Waals surface area contributed by atoms with Gasteiger partial charge in [0, 0.05) is 37.3 Å². The molecule has 0 spiro atoms. The van der Waals surface area contributed by atoms with Crippen LogP contribution in [0.25, 0.3) is 0 Å². The van der Waals surface area contributed by atoms with E-state index in [-0.39, 0.29) is 12.4 Å². The summed E-state index contributed by atoms with van der Waals surface area (Å²) in [6.45, 7) is 9.52. The first kappa shape index (κ1) is 17.1. The third-order valence-electron chi connectivity index (χ3n) is 3.83. The summed E-state index contributed by atoms with van der Waals surface area (Å²) in [6, 6.07) is 8.46. The minimum absolute atomic E-state index is 0. The molecule has 1 aliphatic rings. The Morgan fingerprint density at radius 3 is 2.75 bits per heavy atom. The van der Waals surface area contributed by atoms with E-state index in [1.807, 2.05) is 0 Å². The van der Waals surface area contributed by atoms with Crippen molar-refractivity contribution in [1.82, 2.24) is 5.32 Å². The van der Waals surface area contributed by atoms with Crippen LogP contribution < -0.4 is 15.0 Å². The Morgan fingerprint density at radius 2 is 2.10 bits per heavy atom. The lowest BCUT2D eigenvalue weighted by Gasteiger charge is -2.24. The number of hydrogen-bond acceptors (Lipinski definition) is 3. The van der Waals surface area contributed by atoms with Crippen molar-refractivity contribution in [2.75, 3.05) is 37.7 Å². The summed E-state index contributed by atoms with van der Waals surface area (Å²) in [5.74, 6) is 1.65. The van der Waals surface area contributed by atoms with Gasteiger partial charge in [-0.1, -0.05) is 6.07 Å². The Kier molecular flexibility index (Phi) is 7.78. The largest absolute Gasteiger partial charge is 0.493 e. The predicted octanol–water partition coefficient (Wildman–Crippen LogP) is 3.33. The minimum atomic E-state index is 0. The molecule has 0 amide bonds. The van der Waals surface area contributed by atoms with Gasteiger partial charge in [-0.25, -0.2) is 0 Å². The Morgan fingerprint density at radius 1 is 1.30 bits per heavy atom. The summed E-state index contributed by atoms with van der Waals surface area (Å²) >= 11 is 0. The average Bonchev–Trinajstić information content (AvgIpc) is 2.48. The second kappa shape index (κ2) is 9.09. The molecular weight excluding hydrogens is 272 g/mol. The number of anilines is 1. The lowest BCUT2D eigenvalue weighted by Crippen LogP contribution is -2.33. The molecule has 1 fully saturated rings. The van der Waals surface area contributed by atoms with E-state index in [9.17, 15) is 0 Å². The van der Waals surface area contributed by atoms with Crippen LogP contribution >= 0.6 is 12.4 Å². The molecule has 20 heavy (non-hydrogen) atoms. The summed E-state index contributed by atoms with van der Waals surface area (Å²) in [4.78, 5) is 2.34. The van der Waals surface area contributed by atoms with E-state index in [2.05, 4.69) is 48.3 Å². The summed E-state index contributed by atoms with van der Waals surface area (Å²) < 4.78 is 5.96. The van der Waals surface area contributed by atoms with Crippen LogP contribution in [0.5, 0.6) is 5.75 Å². The van der Waals surface area contributed by atoms with Crippen molar-refractivity contribution in [3.8, 4) is 5.75 Å². The molecule has 0 aliphatic carbocycles. The predicted molar refractivity (Wildman–Crippen MR) is 88.3 cm³/mol. The van der Waals surface area contributed by atoms with Crippen molar-refractivity contribution < 1.29 is 4.74 Å². The number of rotatable bonds is 6. The molecule has 1 saturated heterocycles. The van der Waals surface area contributed by atoms with E-state index in [0.717, 1.165) is 38.5 Å². The van der Waals surface area contributed by atoms with Gasteiger partial charge in [0.25, 0.3) is 0 Å². The minimum Gasteiger partial charge on any atom is -0.493 e. The molecule has 4 heteroatoms. The highest BCUT2D eigenvalue weighted by Crippen LogP contribution is 2.22. The van der Waals surface area contributed by atoms with Gasteiger partial charge in [0.2, 0.25) is 0 Å². The number of hydrogen-bond donors (Lipinski definition) is 1. The fourth-order valence-corrected chi connectivity index (χ4v) is 2.64. The number of ether oxygens (including phenoxy) is 1. The molecule has 1 N–H and O–H groups in total. The van der Waals surface area contributed by atoms with E-state index in [1.165, 1.54) is 18.5 Å². The van der Waals surface area contributed by atoms with Crippen molar-refractivity contribution in [1.29, 1.82) is 0 Å². The second-order valence-electron chi connectivity index (χ2n) is 5.19. The van der Waals surface area contributed by atoms with Gasteiger partial charge in [0.15, 0.2) is 0 Å². The molecule has 1 aromatic carbocycles. The quantitative estimate of drug-likeness (QED) is 0.872. The van der Waals surface area contributed by atoms with E-state index in [0.29, 0.717) is 5.92 Å². The molecule has 1 unspecified atom stereocenters. The summed E-state index contributed by atoms with van der Waals surface area (Å²) in [6.07, 6.45) is 2.55. The van der Waals surface area contributed by atoms with E-state index < -0.39 is 0 Å². The zero-order valence-corrected chi connectivity index (χ0v) is 13.4. The molecule has 114 valence electrons. The van der Waals surface area contributed by atoms with Gasteiger partial charge in [0.1, 0.15) is 5.75 Å². The summed E-state index contributed by atoms with van der Waals surface area (Å²) in [5, 5.41) is 3.43. The third-order valence-corrected chi connectivity index (χ3v) is 3.83. The van der Waals surface area contributed by atoms with Crippen molar-refractivity contribution >= 4 is 18.1 Å². The molecular formula is C16H27ClN2O. The molecule has 1 aromatic rings. The molecule has 1 heterocycles. The van der Waals surface area contributed by atoms with E-state index in [1.54, 1.807) is 0 Å². The van der Waals surface area contributed by atoms with Crippen molar-refractivity contribution in [2.24, 2.45) is 5.92 Å². The molecule has 0 bridgehead atoms. The average molecular weight is 299 g/mol. The molecule has 1 atom stereocenters. The number of benzene rings is 1. The SMILES string of the molecule is CCN(CC)c1cccc(OCC2CCCNC2)c1.Cl. The van der Waals surface area contributed by atoms with Crippen molar-refractivity contribution in [2.45, 2.75) is 26.7 Å². The van der Waals surface area contributed by atoms with Gasteiger partial charge in [-0.15, -0.1) is 12.4 Å². The van der Waals surface area contributed by atoms with Crippen LogP contribution in [0.4, 0.5) is 5.69 Å². The first-order valence-corrected chi connectivity index (χ1v) is 7.52. The fourth-order valence-electron chi connectivity index (χ4n) is 2.64. The first-order chi connectivity index (χ1) is 9.33. The molecule has 3 nitrogen and oxygen atoms in total. The number of nitrogens with one attached hydrogen (secondary N) is 1. The van der Waals surface area contributed by atoms with Crippen LogP contribution in [0, 0.1) is 5.92 Å². The third kappa shape index (κ3) is 4.88. The van der Waals surface area contributed by atoms with Crippen molar-refractivity contribution in [3.05, 3.63) is 24.3 Å². The van der Waals surface area contributed by atoms with Crippen LogP contribution in [0.1, 0.15) is 26.7 Å². The topological polar surface area (TPSA) is 24.5 Å². The number of nitrogens with zero attached hydrogens (tertiary/aromatic N) is 1. The standard InChI is InChI=1S/C16H26N2O.ClH/c1-3-18(4-2)15-8-5-9-16(11-15)19-13-14-7-6-10-17-12-14;/h5,8-9,11,14,17H,3-4,6-7,10,12-13H2,1-2H3;1H. The maximum Gasteiger partial charge on any atom is 0.121 e. The number of piperidine rings is 1. The lowest BCUT2D eigenvalue weighted by molar-refractivity contribution is 0.218. The monoisotopic (exact) mass is 298 g/mol. The number of halogens is 1. The van der Waals surface area contributed by atoms with Crippen LogP contribution in [-0.2, 0) is 0 Å². The second-order valence-corrected chi connectivity index (χ2v) is 5.19. The smallest absolute Gasteiger partial charge is 0.121 e. The maximum absolute atomic E-state index is 5.96. The Balaban J connectivity index is 0.00000200. The summed E-state index contributed by atoms with van der Waals surface area (Å²) in [5.41, 5.74) is 1.25. The van der Waals surface area contributed by atoms with Gasteiger partial charge in [-0.3, -0.25) is 0 Å². The molecule has 0 aromatic heterocycles. The van der Waals surface area contributed by atoms with Gasteiger partial charge in [-0.2, -0.15) is 0 Å². The highest BCUT2D eigenvalue weighted by Gasteiger charge is 2.13. The van der Waals surface area contributed by atoms with Crippen LogP contribution in [0.15, 0.2) is 24.3 Å². The van der Waals surface area contributed by atoms with Crippen LogP contribution in [-0.4, -0.2) is 32.8 Å². The highest BCUT2D eigenvalue weighted by molar-refractivity contribution is 5.85. The maximum atomic E-state index is 5.96. The Labute approximate surface area is 129 Å². The van der Waals surface area contributed by atoms with Crippen LogP contribution in [0.3, 0.4) is 0 Å². The molecule has 1 aliphatic heterocycles. The fraction of sp³-hybridized carbons (Fsp3) is 0.625. The molecule has 2 rings (SSSR count). The van der Waals surface area contributed by atoms with E-state index >= 15 is 0 Å². The zero-order valence-electron chi connectivity index (χ0n) is 12.6. The Bertz CT molecular complexity index is 376. The van der Waals surface area contributed by atoms with Crippen LogP contribution in [0.2, 0.25) is 0 Å². The van der Waals surface area contributed by atoms with Gasteiger partial charge in [0.05, 0.1) is 6.61 Å². The zero-order chi connectivity index (χ0) is 13.5. The van der Waals surface area contributed by atoms with Gasteiger partial charge >= 0.3 is 0 Å². The highest BCUT2D eigenvalue weighted by atomic mass is 35.5. The Hall–Kier alpha value is -0.930.